The Bertz CT molecular complexity index is 1440. The fraction of sp³-hybridized carbons (Fsp3) is 0.227. The quantitative estimate of drug-likeness (QED) is 0.625. The Hall–Kier alpha value is -3.11. The Morgan fingerprint density at radius 1 is 1.19 bits per heavy atom. The van der Waals surface area contributed by atoms with Crippen LogP contribution in [0.1, 0.15) is 22.3 Å². The molecule has 6 rings (SSSR count). The van der Waals surface area contributed by atoms with Gasteiger partial charge in [0.1, 0.15) is 5.65 Å². The van der Waals surface area contributed by atoms with Crippen LogP contribution < -0.4 is 4.90 Å². The molecular weight excluding hydrogens is 446 g/mol. The maximum atomic E-state index is 13.2. The van der Waals surface area contributed by atoms with Crippen molar-refractivity contribution in [3.05, 3.63) is 59.9 Å². The first-order valence-corrected chi connectivity index (χ1v) is 12.7. The number of carbonyl (C=O) groups is 1. The van der Waals surface area contributed by atoms with Crippen LogP contribution in [0.4, 0.5) is 5.69 Å². The van der Waals surface area contributed by atoms with E-state index in [0.29, 0.717) is 30.4 Å². The highest BCUT2D eigenvalue weighted by molar-refractivity contribution is 8.15. The van der Waals surface area contributed by atoms with Crippen molar-refractivity contribution >= 4 is 55.2 Å². The van der Waals surface area contributed by atoms with Gasteiger partial charge in [-0.2, -0.15) is 0 Å². The van der Waals surface area contributed by atoms with Crippen LogP contribution in [0.3, 0.4) is 0 Å². The molecule has 0 saturated carbocycles. The Kier molecular flexibility index (Phi) is 4.41. The molecule has 1 N–H and O–H groups in total. The molecule has 0 unspecified atom stereocenters. The summed E-state index contributed by atoms with van der Waals surface area (Å²) in [6.07, 6.45) is 6.63. The average Bonchev–Trinajstić information content (AvgIpc) is 3.38. The van der Waals surface area contributed by atoms with Gasteiger partial charge >= 0.3 is 0 Å². The van der Waals surface area contributed by atoms with E-state index in [9.17, 15) is 13.2 Å². The summed E-state index contributed by atoms with van der Waals surface area (Å²) < 4.78 is 27.5. The first-order valence-electron chi connectivity index (χ1n) is 10.3. The van der Waals surface area contributed by atoms with E-state index in [0.717, 1.165) is 33.6 Å². The monoisotopic (exact) mass is 465 g/mol. The predicted molar refractivity (Wildman–Crippen MR) is 125 cm³/mol. The summed E-state index contributed by atoms with van der Waals surface area (Å²) in [5, 5.41) is 1.56. The lowest BCUT2D eigenvalue weighted by molar-refractivity contribution is 0.0772. The van der Waals surface area contributed by atoms with E-state index in [1.54, 1.807) is 6.20 Å². The second-order valence-electron chi connectivity index (χ2n) is 7.93. The molecule has 0 radical (unpaired) electrons. The number of anilines is 1. The normalized spacial score (nSPS) is 19.4. The predicted octanol–water partition coefficient (Wildman–Crippen LogP) is 3.10. The van der Waals surface area contributed by atoms with Gasteiger partial charge in [0.2, 0.25) is 0 Å². The fourth-order valence-electron chi connectivity index (χ4n) is 4.37. The molecule has 0 atom stereocenters. The number of nitrogens with zero attached hydrogens (tertiary/aromatic N) is 4. The van der Waals surface area contributed by atoms with Gasteiger partial charge < -0.3 is 14.8 Å². The number of aromatic nitrogens is 2. The third-order valence-corrected chi connectivity index (χ3v) is 8.32. The zero-order chi connectivity index (χ0) is 21.9. The first kappa shape index (κ1) is 19.6. The number of pyridine rings is 1. The molecule has 3 aliphatic rings. The lowest BCUT2D eigenvalue weighted by Crippen LogP contribution is -2.35. The van der Waals surface area contributed by atoms with Crippen LogP contribution in [0.15, 0.2) is 58.1 Å². The number of fused-ring (bicyclic) bond motifs is 4. The Labute approximate surface area is 189 Å². The number of H-pyrrole nitrogens is 1. The van der Waals surface area contributed by atoms with Crippen LogP contribution in [0.25, 0.3) is 16.6 Å². The number of sulfonamides is 1. The molecule has 0 aliphatic carbocycles. The number of amides is 1. The molecule has 1 aromatic carbocycles. The molecular formula is C22H19N5O3S2. The minimum atomic E-state index is -3.40. The zero-order valence-corrected chi connectivity index (χ0v) is 18.6. The van der Waals surface area contributed by atoms with Crippen LogP contribution in [0, 0.1) is 0 Å². The van der Waals surface area contributed by atoms with Crippen molar-refractivity contribution in [1.82, 2.24) is 14.9 Å². The van der Waals surface area contributed by atoms with Crippen molar-refractivity contribution in [1.29, 1.82) is 0 Å². The van der Waals surface area contributed by atoms with Crippen LogP contribution >= 0.6 is 11.8 Å². The SMILES string of the molecule is O=C(c1ccc2c(c1)SC1=NS(=O)(=O)CCN12)N1CC=C(c2c[nH]c3ncccc23)CC1. The lowest BCUT2D eigenvalue weighted by atomic mass is 9.99. The van der Waals surface area contributed by atoms with Gasteiger partial charge in [-0.25, -0.2) is 13.4 Å². The first-order chi connectivity index (χ1) is 15.5. The van der Waals surface area contributed by atoms with Crippen LogP contribution in [-0.4, -0.2) is 59.7 Å². The summed E-state index contributed by atoms with van der Waals surface area (Å²) in [6.45, 7) is 1.57. The molecule has 5 heterocycles. The summed E-state index contributed by atoms with van der Waals surface area (Å²) in [7, 11) is -3.40. The third kappa shape index (κ3) is 3.21. The molecule has 0 spiro atoms. The Morgan fingerprint density at radius 3 is 2.94 bits per heavy atom. The summed E-state index contributed by atoms with van der Waals surface area (Å²) in [6, 6.07) is 9.54. The number of benzene rings is 1. The number of nitrogens with one attached hydrogen (secondary N) is 1. The van der Waals surface area contributed by atoms with Gasteiger partial charge in [0.05, 0.1) is 11.4 Å². The van der Waals surface area contributed by atoms with Gasteiger partial charge in [0.25, 0.3) is 15.9 Å². The van der Waals surface area contributed by atoms with Crippen LogP contribution in [-0.2, 0) is 10.0 Å². The third-order valence-electron chi connectivity index (χ3n) is 6.01. The maximum Gasteiger partial charge on any atom is 0.257 e. The molecule has 162 valence electrons. The van der Waals surface area contributed by atoms with Crippen molar-refractivity contribution in [2.75, 3.05) is 30.3 Å². The molecule has 32 heavy (non-hydrogen) atoms. The molecule has 2 aromatic heterocycles. The van der Waals surface area contributed by atoms with Crippen molar-refractivity contribution in [2.24, 2.45) is 4.40 Å². The topological polar surface area (TPSA) is 98.7 Å². The molecule has 3 aliphatic heterocycles. The average molecular weight is 466 g/mol. The van der Waals surface area contributed by atoms with Gasteiger partial charge in [-0.1, -0.05) is 6.08 Å². The number of hydrogen-bond donors (Lipinski definition) is 1. The highest BCUT2D eigenvalue weighted by atomic mass is 32.2. The summed E-state index contributed by atoms with van der Waals surface area (Å²) in [5.41, 5.74) is 4.74. The standard InChI is InChI=1S/C22H19N5O3S2/c28-21(15-3-4-18-19(12-15)31-22-25-32(29,30)11-10-27(18)22)26-8-5-14(6-9-26)17-13-24-20-16(17)2-1-7-23-20/h1-5,7,12-13H,6,8-11H2,(H,23,24). The van der Waals surface area contributed by atoms with Gasteiger partial charge in [0, 0.05) is 53.4 Å². The summed E-state index contributed by atoms with van der Waals surface area (Å²) in [4.78, 5) is 25.3. The molecule has 8 nitrogen and oxygen atoms in total. The van der Waals surface area contributed by atoms with Crippen molar-refractivity contribution < 1.29 is 13.2 Å². The number of carbonyl (C=O) groups excluding carboxylic acids is 1. The molecule has 3 aromatic rings. The molecule has 0 fully saturated rings. The molecule has 0 saturated heterocycles. The lowest BCUT2D eigenvalue weighted by Gasteiger charge is -2.27. The van der Waals surface area contributed by atoms with E-state index < -0.39 is 10.0 Å². The number of thioether (sulfide) groups is 1. The van der Waals surface area contributed by atoms with Crippen molar-refractivity contribution in [3.63, 3.8) is 0 Å². The second-order valence-corrected chi connectivity index (χ2v) is 10.7. The highest BCUT2D eigenvalue weighted by Gasteiger charge is 2.34. The van der Waals surface area contributed by atoms with E-state index in [1.807, 2.05) is 40.3 Å². The minimum Gasteiger partial charge on any atom is -0.346 e. The highest BCUT2D eigenvalue weighted by Crippen LogP contribution is 2.42. The molecule has 10 heteroatoms. The Morgan fingerprint density at radius 2 is 2.09 bits per heavy atom. The van der Waals surface area contributed by atoms with Crippen LogP contribution in [0.2, 0.25) is 0 Å². The van der Waals surface area contributed by atoms with E-state index in [4.69, 9.17) is 0 Å². The van der Waals surface area contributed by atoms with Crippen molar-refractivity contribution in [3.8, 4) is 0 Å². The van der Waals surface area contributed by atoms with E-state index in [-0.39, 0.29) is 11.7 Å². The number of amidine groups is 1. The maximum absolute atomic E-state index is 13.2. The number of rotatable bonds is 2. The van der Waals surface area contributed by atoms with E-state index in [2.05, 4.69) is 26.5 Å². The number of aromatic amines is 1. The van der Waals surface area contributed by atoms with Gasteiger partial charge in [-0.3, -0.25) is 4.79 Å². The molecule has 0 bridgehead atoms. The van der Waals surface area contributed by atoms with E-state index >= 15 is 0 Å². The summed E-state index contributed by atoms with van der Waals surface area (Å²) >= 11 is 1.31. The van der Waals surface area contributed by atoms with Crippen molar-refractivity contribution in [2.45, 2.75) is 11.3 Å². The van der Waals surface area contributed by atoms with E-state index in [1.165, 1.54) is 17.3 Å². The minimum absolute atomic E-state index is 0.00607. The Balaban J connectivity index is 1.22. The largest absolute Gasteiger partial charge is 0.346 e. The number of hydrogen-bond acceptors (Lipinski definition) is 6. The fourth-order valence-corrected chi connectivity index (χ4v) is 6.66. The smallest absolute Gasteiger partial charge is 0.257 e. The summed E-state index contributed by atoms with van der Waals surface area (Å²) in [5.74, 6) is -0.0183. The molecule has 1 amide bonds. The zero-order valence-electron chi connectivity index (χ0n) is 17.0. The van der Waals surface area contributed by atoms with Gasteiger partial charge in [0.15, 0.2) is 5.17 Å². The van der Waals surface area contributed by atoms with Gasteiger partial charge in [-0.05, 0) is 54.1 Å². The van der Waals surface area contributed by atoms with Crippen LogP contribution in [0.5, 0.6) is 0 Å². The van der Waals surface area contributed by atoms with Gasteiger partial charge in [-0.15, -0.1) is 4.40 Å². The second kappa shape index (κ2) is 7.21.